The smallest absolute Gasteiger partial charge is 0.322 e. The van der Waals surface area contributed by atoms with Gasteiger partial charge in [0.25, 0.3) is 11.8 Å². The van der Waals surface area contributed by atoms with Crippen molar-refractivity contribution in [3.05, 3.63) is 23.8 Å². The van der Waals surface area contributed by atoms with Gasteiger partial charge in [-0.25, -0.2) is 4.79 Å². The second-order valence-electron chi connectivity index (χ2n) is 6.09. The Labute approximate surface area is 155 Å². The molecule has 0 spiro atoms. The number of rotatable bonds is 7. The van der Waals surface area contributed by atoms with Gasteiger partial charge in [0, 0.05) is 12.0 Å². The molecule has 0 aromatic heterocycles. The lowest BCUT2D eigenvalue weighted by molar-refractivity contribution is -0.122. The van der Waals surface area contributed by atoms with Crippen LogP contribution in [0.2, 0.25) is 0 Å². The highest BCUT2D eigenvalue weighted by molar-refractivity contribution is 6.04. The molecule has 27 heavy (non-hydrogen) atoms. The standard InChI is InChI=1S/C17H22N4O6/c1-9(2)27-12-6-4-10(8-13(12)26-3)15(23)21-20-14(22)7-5-11-16(24)19-17(25)18-11/h4,6,8-9,11H,5,7H2,1-3H3,(H,20,22)(H,21,23)(H2,18,19,24,25). The third-order valence-electron chi connectivity index (χ3n) is 3.62. The minimum Gasteiger partial charge on any atom is -0.493 e. The molecule has 0 aliphatic carbocycles. The monoisotopic (exact) mass is 378 g/mol. The van der Waals surface area contributed by atoms with Gasteiger partial charge in [-0.3, -0.25) is 30.6 Å². The Morgan fingerprint density at radius 1 is 1.19 bits per heavy atom. The zero-order valence-electron chi connectivity index (χ0n) is 15.3. The van der Waals surface area contributed by atoms with E-state index in [0.717, 1.165) is 0 Å². The van der Waals surface area contributed by atoms with Gasteiger partial charge in [0.1, 0.15) is 6.04 Å². The highest BCUT2D eigenvalue weighted by Crippen LogP contribution is 2.28. The molecule has 146 valence electrons. The van der Waals surface area contributed by atoms with Crippen LogP contribution in [0.3, 0.4) is 0 Å². The van der Waals surface area contributed by atoms with E-state index in [0.29, 0.717) is 11.5 Å². The third-order valence-corrected chi connectivity index (χ3v) is 3.62. The second kappa shape index (κ2) is 8.88. The van der Waals surface area contributed by atoms with E-state index >= 15 is 0 Å². The molecule has 4 N–H and O–H groups in total. The Morgan fingerprint density at radius 3 is 2.52 bits per heavy atom. The normalized spacial score (nSPS) is 15.8. The van der Waals surface area contributed by atoms with Gasteiger partial charge in [0.15, 0.2) is 11.5 Å². The Morgan fingerprint density at radius 2 is 1.93 bits per heavy atom. The van der Waals surface area contributed by atoms with Gasteiger partial charge in [-0.2, -0.15) is 0 Å². The summed E-state index contributed by atoms with van der Waals surface area (Å²) >= 11 is 0. The molecule has 1 aromatic rings. The van der Waals surface area contributed by atoms with Crippen molar-refractivity contribution in [2.75, 3.05) is 7.11 Å². The molecular formula is C17H22N4O6. The SMILES string of the molecule is COc1cc(C(=O)NNC(=O)CCC2NC(=O)NC2=O)ccc1OC(C)C. The summed E-state index contributed by atoms with van der Waals surface area (Å²) in [6.45, 7) is 3.74. The molecule has 10 nitrogen and oxygen atoms in total. The molecule has 10 heteroatoms. The number of carbonyl (C=O) groups is 4. The topological polar surface area (TPSA) is 135 Å². The number of hydrogen-bond donors (Lipinski definition) is 4. The quantitative estimate of drug-likeness (QED) is 0.396. The van der Waals surface area contributed by atoms with Crippen molar-refractivity contribution in [1.29, 1.82) is 0 Å². The summed E-state index contributed by atoms with van der Waals surface area (Å²) < 4.78 is 10.8. The van der Waals surface area contributed by atoms with Crippen molar-refractivity contribution in [2.45, 2.75) is 38.8 Å². The van der Waals surface area contributed by atoms with Gasteiger partial charge in [-0.1, -0.05) is 0 Å². The fraction of sp³-hybridized carbons (Fsp3) is 0.412. The Kier molecular flexibility index (Phi) is 6.58. The average Bonchev–Trinajstić information content (AvgIpc) is 2.95. The molecule has 0 bridgehead atoms. The fourth-order valence-electron chi connectivity index (χ4n) is 2.36. The van der Waals surface area contributed by atoms with Crippen LogP contribution in [0.1, 0.15) is 37.0 Å². The van der Waals surface area contributed by atoms with E-state index in [1.165, 1.54) is 13.2 Å². The molecular weight excluding hydrogens is 356 g/mol. The van der Waals surface area contributed by atoms with Gasteiger partial charge in [0.2, 0.25) is 5.91 Å². The lowest BCUT2D eigenvalue weighted by Gasteiger charge is -2.14. The summed E-state index contributed by atoms with van der Waals surface area (Å²) in [4.78, 5) is 46.4. The van der Waals surface area contributed by atoms with Gasteiger partial charge < -0.3 is 14.8 Å². The number of ether oxygens (including phenoxy) is 2. The van der Waals surface area contributed by atoms with Crippen molar-refractivity contribution in [1.82, 2.24) is 21.5 Å². The third kappa shape index (κ3) is 5.59. The Hall–Kier alpha value is -3.30. The summed E-state index contributed by atoms with van der Waals surface area (Å²) in [5, 5.41) is 4.47. The van der Waals surface area contributed by atoms with Crippen molar-refractivity contribution < 1.29 is 28.7 Å². The number of carbonyl (C=O) groups excluding carboxylic acids is 4. The molecule has 0 radical (unpaired) electrons. The van der Waals surface area contributed by atoms with Crippen LogP contribution in [0.4, 0.5) is 4.79 Å². The summed E-state index contributed by atoms with van der Waals surface area (Å²) in [5.74, 6) is -0.614. The maximum atomic E-state index is 12.2. The van der Waals surface area contributed by atoms with Gasteiger partial charge >= 0.3 is 6.03 Å². The summed E-state index contributed by atoms with van der Waals surface area (Å²) in [6, 6.07) is 3.31. The molecule has 5 amide bonds. The highest BCUT2D eigenvalue weighted by Gasteiger charge is 2.29. The lowest BCUT2D eigenvalue weighted by Crippen LogP contribution is -2.42. The van der Waals surface area contributed by atoms with Gasteiger partial charge in [0.05, 0.1) is 13.2 Å². The minimum atomic E-state index is -0.753. The molecule has 1 unspecified atom stereocenters. The first-order valence-corrected chi connectivity index (χ1v) is 8.35. The summed E-state index contributed by atoms with van der Waals surface area (Å²) in [6.07, 6.45) is 0.0156. The number of hydrogen-bond acceptors (Lipinski definition) is 6. The number of hydrazine groups is 1. The van der Waals surface area contributed by atoms with Crippen molar-refractivity contribution in [3.63, 3.8) is 0 Å². The highest BCUT2D eigenvalue weighted by atomic mass is 16.5. The van der Waals surface area contributed by atoms with Crippen molar-refractivity contribution >= 4 is 23.8 Å². The van der Waals surface area contributed by atoms with Crippen LogP contribution in [0, 0.1) is 0 Å². The predicted molar refractivity (Wildman–Crippen MR) is 94.1 cm³/mol. The van der Waals surface area contributed by atoms with E-state index in [9.17, 15) is 19.2 Å². The molecule has 2 rings (SSSR count). The Bertz CT molecular complexity index is 749. The van der Waals surface area contributed by atoms with E-state index in [2.05, 4.69) is 21.5 Å². The molecule has 1 heterocycles. The maximum Gasteiger partial charge on any atom is 0.322 e. The van der Waals surface area contributed by atoms with Crippen molar-refractivity contribution in [3.8, 4) is 11.5 Å². The molecule has 1 fully saturated rings. The zero-order valence-corrected chi connectivity index (χ0v) is 15.3. The van der Waals surface area contributed by atoms with E-state index < -0.39 is 29.8 Å². The lowest BCUT2D eigenvalue weighted by atomic mass is 10.1. The van der Waals surface area contributed by atoms with E-state index in [4.69, 9.17) is 9.47 Å². The zero-order chi connectivity index (χ0) is 20.0. The number of imide groups is 1. The molecule has 1 atom stereocenters. The molecule has 0 saturated carbocycles. The predicted octanol–water partition coefficient (Wildman–Crippen LogP) is 0.232. The van der Waals surface area contributed by atoms with Crippen LogP contribution >= 0.6 is 0 Å². The summed E-state index contributed by atoms with van der Waals surface area (Å²) in [5.41, 5.74) is 4.81. The number of methoxy groups -OCH3 is 1. The van der Waals surface area contributed by atoms with Gasteiger partial charge in [-0.05, 0) is 38.5 Å². The van der Waals surface area contributed by atoms with Crippen LogP contribution in [0.5, 0.6) is 11.5 Å². The number of benzene rings is 1. The van der Waals surface area contributed by atoms with Crippen LogP contribution in [0.15, 0.2) is 18.2 Å². The van der Waals surface area contributed by atoms with E-state index in [1.807, 2.05) is 13.8 Å². The van der Waals surface area contributed by atoms with Gasteiger partial charge in [-0.15, -0.1) is 0 Å². The van der Waals surface area contributed by atoms with Crippen LogP contribution in [-0.2, 0) is 9.59 Å². The van der Waals surface area contributed by atoms with Crippen LogP contribution < -0.4 is 31.0 Å². The Balaban J connectivity index is 1.85. The number of nitrogens with one attached hydrogen (secondary N) is 4. The minimum absolute atomic E-state index is 0.0513. The van der Waals surface area contributed by atoms with Crippen LogP contribution in [-0.4, -0.2) is 43.0 Å². The number of urea groups is 1. The molecule has 1 aliphatic heterocycles. The maximum absolute atomic E-state index is 12.2. The molecule has 1 saturated heterocycles. The van der Waals surface area contributed by atoms with Crippen molar-refractivity contribution in [2.24, 2.45) is 0 Å². The first-order valence-electron chi connectivity index (χ1n) is 8.35. The molecule has 1 aliphatic rings. The average molecular weight is 378 g/mol. The first-order chi connectivity index (χ1) is 12.8. The largest absolute Gasteiger partial charge is 0.493 e. The summed E-state index contributed by atoms with van der Waals surface area (Å²) in [7, 11) is 1.46. The van der Waals surface area contributed by atoms with E-state index in [-0.39, 0.29) is 24.5 Å². The fourth-order valence-corrected chi connectivity index (χ4v) is 2.36. The number of amides is 5. The van der Waals surface area contributed by atoms with E-state index in [1.54, 1.807) is 12.1 Å². The first kappa shape index (κ1) is 20.0. The second-order valence-corrected chi connectivity index (χ2v) is 6.09. The molecule has 1 aromatic carbocycles. The van der Waals surface area contributed by atoms with Crippen LogP contribution in [0.25, 0.3) is 0 Å².